The fraction of sp³-hybridized carbons (Fsp3) is 0.309. The SMILES string of the molecule is CS(=O)(=O)N[C@H](c1ccccc1)[C@H](NCCOCC1=CCC=CC1)c1ccccc1.C[C@H](c1ccccc1)[C@H](N)c1ccccc1.Cc1ccc(S(=O)(=O)OCCOCC2=CCC=CC2)cc1. The second-order valence-corrected chi connectivity index (χ2v) is 19.9. The van der Waals surface area contributed by atoms with Crippen LogP contribution in [0.15, 0.2) is 198 Å². The lowest BCUT2D eigenvalue weighted by Crippen LogP contribution is -2.39. The molecule has 7 rings (SSSR count). The van der Waals surface area contributed by atoms with Crippen LogP contribution in [0.3, 0.4) is 0 Å². The molecule has 0 amide bonds. The molecule has 4 N–H and O–H groups in total. The highest BCUT2D eigenvalue weighted by Crippen LogP contribution is 2.30. The summed E-state index contributed by atoms with van der Waals surface area (Å²) in [6.45, 7) is 6.67. The zero-order valence-electron chi connectivity index (χ0n) is 39.0. The van der Waals surface area contributed by atoms with Gasteiger partial charge in [-0.1, -0.05) is 182 Å². The van der Waals surface area contributed by atoms with E-state index in [1.54, 1.807) is 24.3 Å². The van der Waals surface area contributed by atoms with Gasteiger partial charge in [-0.05, 0) is 78.1 Å². The quantitative estimate of drug-likeness (QED) is 0.0372. The molecule has 4 atom stereocenters. The third kappa shape index (κ3) is 19.1. The van der Waals surface area contributed by atoms with E-state index in [-0.39, 0.29) is 30.2 Å². The van der Waals surface area contributed by atoms with E-state index in [9.17, 15) is 16.8 Å². The standard InChI is InChI=1S/C24H30N2O3S.C16H20O4S.C15H17N/c1-30(27,28)26-24(22-15-9-4-10-16-22)23(21-13-7-3-8-14-21)25-17-18-29-19-20-11-5-2-6-12-20;1-14-7-9-16(10-8-14)21(17,18)20-12-11-19-13-15-5-3-2-4-6-15;1-12(13-8-4-2-5-9-13)15(16)14-10-6-3-7-11-14/h2-5,7-10,12-16,23-26H,6,11,17-19H2,1H3;2-3,6-10H,4-5,11-13H2,1H3;2-12,15H,16H2,1H3/t23-,24-;;12-,15+/m1.1/s1. The number of hydrogen-bond donors (Lipinski definition) is 3. The normalized spacial score (nSPS) is 15.3. The first-order valence-electron chi connectivity index (χ1n) is 22.8. The predicted octanol–water partition coefficient (Wildman–Crippen LogP) is 10.4. The van der Waals surface area contributed by atoms with E-state index in [4.69, 9.17) is 19.4 Å². The van der Waals surface area contributed by atoms with Crippen molar-refractivity contribution in [2.45, 2.75) is 68.5 Å². The Labute approximate surface area is 399 Å². The van der Waals surface area contributed by atoms with E-state index in [1.807, 2.05) is 91.9 Å². The summed E-state index contributed by atoms with van der Waals surface area (Å²) in [5.74, 6) is 0.337. The van der Waals surface area contributed by atoms with Gasteiger partial charge in [-0.25, -0.2) is 13.1 Å². The van der Waals surface area contributed by atoms with Gasteiger partial charge in [-0.3, -0.25) is 4.18 Å². The Kier molecular flexibility index (Phi) is 22.1. The summed E-state index contributed by atoms with van der Waals surface area (Å²) < 4.78 is 67.1. The Morgan fingerprint density at radius 1 is 0.567 bits per heavy atom. The molecule has 0 bridgehead atoms. The minimum Gasteiger partial charge on any atom is -0.376 e. The van der Waals surface area contributed by atoms with Gasteiger partial charge in [0.2, 0.25) is 10.0 Å². The fourth-order valence-electron chi connectivity index (χ4n) is 7.44. The van der Waals surface area contributed by atoms with Crippen LogP contribution in [0.4, 0.5) is 0 Å². The molecular formula is C55H67N3O7S2. The van der Waals surface area contributed by atoms with Gasteiger partial charge in [0.1, 0.15) is 0 Å². The van der Waals surface area contributed by atoms with Crippen LogP contribution in [-0.2, 0) is 33.8 Å². The van der Waals surface area contributed by atoms with E-state index in [2.05, 4.69) is 89.8 Å². The van der Waals surface area contributed by atoms with Gasteiger partial charge in [0.15, 0.2) is 0 Å². The molecule has 0 saturated carbocycles. The average molecular weight is 946 g/mol. The number of hydrogen-bond acceptors (Lipinski definition) is 9. The number of aryl methyl sites for hydroxylation is 1. The van der Waals surface area contributed by atoms with Crippen molar-refractivity contribution >= 4 is 20.1 Å². The number of nitrogens with one attached hydrogen (secondary N) is 2. The minimum absolute atomic E-state index is 0.0271. The molecule has 0 saturated heterocycles. The van der Waals surface area contributed by atoms with Crippen LogP contribution in [0.25, 0.3) is 0 Å². The molecule has 2 aliphatic rings. The van der Waals surface area contributed by atoms with Crippen molar-refractivity contribution < 1.29 is 30.5 Å². The monoisotopic (exact) mass is 945 g/mol. The molecule has 12 heteroatoms. The van der Waals surface area contributed by atoms with Crippen LogP contribution >= 0.6 is 0 Å². The van der Waals surface area contributed by atoms with Crippen LogP contribution in [0.1, 0.15) is 84.5 Å². The molecule has 0 spiro atoms. The zero-order valence-corrected chi connectivity index (χ0v) is 40.6. The Balaban J connectivity index is 0.000000198. The van der Waals surface area contributed by atoms with Gasteiger partial charge < -0.3 is 20.5 Å². The fourth-order valence-corrected chi connectivity index (χ4v) is 9.06. The van der Waals surface area contributed by atoms with Gasteiger partial charge in [-0.2, -0.15) is 8.42 Å². The Hall–Kier alpha value is -5.28. The molecule has 0 unspecified atom stereocenters. The largest absolute Gasteiger partial charge is 0.376 e. The maximum absolute atomic E-state index is 12.1. The Morgan fingerprint density at radius 2 is 1.03 bits per heavy atom. The van der Waals surface area contributed by atoms with Crippen LogP contribution < -0.4 is 15.8 Å². The van der Waals surface area contributed by atoms with E-state index in [1.165, 1.54) is 28.5 Å². The molecule has 0 fully saturated rings. The molecule has 67 heavy (non-hydrogen) atoms. The highest BCUT2D eigenvalue weighted by Gasteiger charge is 2.27. The summed E-state index contributed by atoms with van der Waals surface area (Å²) >= 11 is 0. The van der Waals surface area contributed by atoms with Crippen molar-refractivity contribution in [2.75, 3.05) is 45.8 Å². The number of sulfonamides is 1. The van der Waals surface area contributed by atoms with Gasteiger partial charge >= 0.3 is 0 Å². The molecule has 356 valence electrons. The molecule has 0 radical (unpaired) electrons. The third-order valence-corrected chi connectivity index (χ3v) is 13.2. The van der Waals surface area contributed by atoms with Crippen LogP contribution in [0, 0.1) is 6.92 Å². The van der Waals surface area contributed by atoms with Crippen LogP contribution in [-0.4, -0.2) is 62.7 Å². The minimum atomic E-state index is -3.69. The van der Waals surface area contributed by atoms with Crippen molar-refractivity contribution in [1.29, 1.82) is 0 Å². The summed E-state index contributed by atoms with van der Waals surface area (Å²) in [5, 5.41) is 3.51. The number of allylic oxidation sites excluding steroid dienone is 6. The van der Waals surface area contributed by atoms with Gasteiger partial charge in [0.05, 0.1) is 56.3 Å². The third-order valence-electron chi connectivity index (χ3n) is 11.2. The molecule has 2 aliphatic carbocycles. The van der Waals surface area contributed by atoms with E-state index < -0.39 is 26.2 Å². The zero-order chi connectivity index (χ0) is 47.7. The molecule has 0 heterocycles. The van der Waals surface area contributed by atoms with Crippen molar-refractivity contribution in [3.05, 3.63) is 221 Å². The summed E-state index contributed by atoms with van der Waals surface area (Å²) in [6, 6.07) is 46.2. The summed E-state index contributed by atoms with van der Waals surface area (Å²) in [6.07, 6.45) is 17.9. The lowest BCUT2D eigenvalue weighted by atomic mass is 9.89. The topological polar surface area (TPSA) is 146 Å². The molecule has 10 nitrogen and oxygen atoms in total. The number of benzene rings is 5. The Morgan fingerprint density at radius 3 is 1.51 bits per heavy atom. The maximum atomic E-state index is 12.1. The van der Waals surface area contributed by atoms with E-state index >= 15 is 0 Å². The van der Waals surface area contributed by atoms with E-state index in [0.29, 0.717) is 32.3 Å². The smallest absolute Gasteiger partial charge is 0.297 e. The summed E-state index contributed by atoms with van der Waals surface area (Å²) in [4.78, 5) is 0.174. The highest BCUT2D eigenvalue weighted by atomic mass is 32.2. The Bertz CT molecular complexity index is 2490. The van der Waals surface area contributed by atoms with Crippen molar-refractivity contribution in [3.8, 4) is 0 Å². The molecule has 0 aromatic heterocycles. The lowest BCUT2D eigenvalue weighted by Gasteiger charge is -2.29. The van der Waals surface area contributed by atoms with Crippen LogP contribution in [0.5, 0.6) is 0 Å². The molecule has 5 aromatic carbocycles. The van der Waals surface area contributed by atoms with Crippen molar-refractivity contribution in [3.63, 3.8) is 0 Å². The summed E-state index contributed by atoms with van der Waals surface area (Å²) in [5.41, 5.74) is 14.2. The lowest BCUT2D eigenvalue weighted by molar-refractivity contribution is 0.118. The maximum Gasteiger partial charge on any atom is 0.297 e. The second-order valence-electron chi connectivity index (χ2n) is 16.5. The summed E-state index contributed by atoms with van der Waals surface area (Å²) in [7, 11) is -7.10. The van der Waals surface area contributed by atoms with Gasteiger partial charge in [0.25, 0.3) is 10.1 Å². The van der Waals surface area contributed by atoms with Gasteiger partial charge in [0, 0.05) is 18.5 Å². The molecule has 0 aliphatic heterocycles. The highest BCUT2D eigenvalue weighted by molar-refractivity contribution is 7.88. The van der Waals surface area contributed by atoms with Crippen molar-refractivity contribution in [1.82, 2.24) is 10.0 Å². The molecule has 5 aromatic rings. The number of ether oxygens (including phenoxy) is 2. The second kappa shape index (κ2) is 28.1. The number of nitrogens with two attached hydrogens (primary N) is 1. The first-order chi connectivity index (χ1) is 32.4. The van der Waals surface area contributed by atoms with Crippen molar-refractivity contribution in [2.24, 2.45) is 5.73 Å². The van der Waals surface area contributed by atoms with E-state index in [0.717, 1.165) is 42.4 Å². The average Bonchev–Trinajstić information content (AvgIpc) is 3.36. The predicted molar refractivity (Wildman–Crippen MR) is 271 cm³/mol. The van der Waals surface area contributed by atoms with Crippen LogP contribution in [0.2, 0.25) is 0 Å². The number of rotatable bonds is 21. The van der Waals surface area contributed by atoms with Gasteiger partial charge in [-0.15, -0.1) is 0 Å². The first kappa shape index (κ1) is 52.7. The molecular weight excluding hydrogens is 879 g/mol. The first-order valence-corrected chi connectivity index (χ1v) is 26.1.